The summed E-state index contributed by atoms with van der Waals surface area (Å²) >= 11 is 0. The molecule has 1 aliphatic heterocycles. The summed E-state index contributed by atoms with van der Waals surface area (Å²) < 4.78 is 39.3. The molecule has 3 N–H and O–H groups in total. The summed E-state index contributed by atoms with van der Waals surface area (Å²) in [4.78, 5) is 23.7. The van der Waals surface area contributed by atoms with Crippen LogP contribution < -0.4 is 16.0 Å². The molecule has 0 aliphatic carbocycles. The first kappa shape index (κ1) is 17.3. The van der Waals surface area contributed by atoms with Crippen molar-refractivity contribution in [3.8, 4) is 0 Å². The molecule has 1 aliphatic rings. The van der Waals surface area contributed by atoms with Crippen molar-refractivity contribution in [1.82, 2.24) is 10.6 Å². The number of piperidine rings is 1. The van der Waals surface area contributed by atoms with E-state index in [-0.39, 0.29) is 24.4 Å². The van der Waals surface area contributed by atoms with Gasteiger partial charge in [0, 0.05) is 12.0 Å². The molecule has 1 aromatic rings. The van der Waals surface area contributed by atoms with Gasteiger partial charge in [0.2, 0.25) is 11.8 Å². The van der Waals surface area contributed by atoms with E-state index in [1.165, 1.54) is 0 Å². The second-order valence-electron chi connectivity index (χ2n) is 5.57. The molecular weight excluding hydrogens is 311 g/mol. The van der Waals surface area contributed by atoms with Crippen molar-refractivity contribution in [3.63, 3.8) is 0 Å². The minimum absolute atomic E-state index is 0.181. The van der Waals surface area contributed by atoms with Crippen molar-refractivity contribution in [2.24, 2.45) is 5.92 Å². The molecule has 126 valence electrons. The standard InChI is InChI=1S/C15H18F3N3O2/c1-8-6-9(4-5-19-8)15(23)20-7-12(22)21-11-3-2-10(16)13(17)14(11)18/h2-3,8-9,19H,4-7H2,1H3,(H,20,23)(H,21,22)/t8-,9-/m0/s1. The van der Waals surface area contributed by atoms with Gasteiger partial charge in [-0.2, -0.15) is 0 Å². The molecule has 5 nitrogen and oxygen atoms in total. The topological polar surface area (TPSA) is 70.2 Å². The fourth-order valence-electron chi connectivity index (χ4n) is 2.50. The van der Waals surface area contributed by atoms with Crippen LogP contribution in [0, 0.1) is 23.4 Å². The van der Waals surface area contributed by atoms with Crippen LogP contribution in [0.5, 0.6) is 0 Å². The van der Waals surface area contributed by atoms with Gasteiger partial charge in [-0.05, 0) is 38.4 Å². The molecule has 0 aromatic heterocycles. The summed E-state index contributed by atoms with van der Waals surface area (Å²) in [6.07, 6.45) is 1.35. The molecule has 1 saturated heterocycles. The van der Waals surface area contributed by atoms with Gasteiger partial charge in [0.25, 0.3) is 0 Å². The van der Waals surface area contributed by atoms with E-state index in [0.717, 1.165) is 12.6 Å². The number of halogens is 3. The van der Waals surface area contributed by atoms with Gasteiger partial charge >= 0.3 is 0 Å². The van der Waals surface area contributed by atoms with E-state index in [1.54, 1.807) is 0 Å². The largest absolute Gasteiger partial charge is 0.347 e. The Morgan fingerprint density at radius 2 is 2.00 bits per heavy atom. The Hall–Kier alpha value is -2.09. The first-order valence-electron chi connectivity index (χ1n) is 7.33. The van der Waals surface area contributed by atoms with Gasteiger partial charge in [-0.1, -0.05) is 0 Å². The molecule has 0 spiro atoms. The molecule has 2 atom stereocenters. The number of benzene rings is 1. The smallest absolute Gasteiger partial charge is 0.243 e. The lowest BCUT2D eigenvalue weighted by Gasteiger charge is -2.26. The number of rotatable bonds is 4. The van der Waals surface area contributed by atoms with Crippen molar-refractivity contribution in [2.75, 3.05) is 18.4 Å². The van der Waals surface area contributed by atoms with Gasteiger partial charge in [-0.3, -0.25) is 9.59 Å². The Morgan fingerprint density at radius 1 is 1.26 bits per heavy atom. The van der Waals surface area contributed by atoms with E-state index in [4.69, 9.17) is 0 Å². The van der Waals surface area contributed by atoms with E-state index in [9.17, 15) is 22.8 Å². The fraction of sp³-hybridized carbons (Fsp3) is 0.467. The molecule has 2 rings (SSSR count). The summed E-state index contributed by atoms with van der Waals surface area (Å²) in [6.45, 7) is 2.33. The number of amides is 2. The zero-order valence-corrected chi connectivity index (χ0v) is 12.6. The molecule has 1 heterocycles. The normalized spacial score (nSPS) is 20.9. The highest BCUT2D eigenvalue weighted by Crippen LogP contribution is 2.19. The van der Waals surface area contributed by atoms with Crippen LogP contribution in [-0.2, 0) is 9.59 Å². The number of nitrogens with one attached hydrogen (secondary N) is 3. The molecular formula is C15H18F3N3O2. The molecule has 8 heteroatoms. The minimum Gasteiger partial charge on any atom is -0.347 e. The lowest BCUT2D eigenvalue weighted by molar-refractivity contribution is -0.128. The number of carbonyl (C=O) groups excluding carboxylic acids is 2. The lowest BCUT2D eigenvalue weighted by Crippen LogP contribution is -2.44. The van der Waals surface area contributed by atoms with Crippen LogP contribution in [0.2, 0.25) is 0 Å². The van der Waals surface area contributed by atoms with Crippen molar-refractivity contribution >= 4 is 17.5 Å². The van der Waals surface area contributed by atoms with Crippen LogP contribution in [0.15, 0.2) is 12.1 Å². The Bertz CT molecular complexity index is 610. The van der Waals surface area contributed by atoms with Crippen LogP contribution in [0.3, 0.4) is 0 Å². The van der Waals surface area contributed by atoms with E-state index in [1.807, 2.05) is 6.92 Å². The second kappa shape index (κ2) is 7.45. The first-order chi connectivity index (χ1) is 10.9. The molecule has 23 heavy (non-hydrogen) atoms. The van der Waals surface area contributed by atoms with Gasteiger partial charge < -0.3 is 16.0 Å². The Labute approximate surface area is 131 Å². The van der Waals surface area contributed by atoms with Gasteiger partial charge in [0.15, 0.2) is 17.5 Å². The van der Waals surface area contributed by atoms with E-state index in [0.29, 0.717) is 18.9 Å². The van der Waals surface area contributed by atoms with Crippen molar-refractivity contribution in [1.29, 1.82) is 0 Å². The molecule has 2 amide bonds. The van der Waals surface area contributed by atoms with E-state index < -0.39 is 29.0 Å². The molecule has 0 radical (unpaired) electrons. The Kier molecular flexibility index (Phi) is 5.59. The summed E-state index contributed by atoms with van der Waals surface area (Å²) in [5.74, 6) is -5.62. The maximum atomic E-state index is 13.4. The van der Waals surface area contributed by atoms with Gasteiger partial charge in [0.1, 0.15) is 0 Å². The zero-order chi connectivity index (χ0) is 17.0. The third kappa shape index (κ3) is 4.44. The monoisotopic (exact) mass is 329 g/mol. The molecule has 0 saturated carbocycles. The SMILES string of the molecule is C[C@H]1C[C@@H](C(=O)NCC(=O)Nc2ccc(F)c(F)c2F)CCN1. The third-order valence-corrected chi connectivity index (χ3v) is 3.73. The highest BCUT2D eigenvalue weighted by Gasteiger charge is 2.25. The number of anilines is 1. The van der Waals surface area contributed by atoms with Crippen LogP contribution in [0.25, 0.3) is 0 Å². The van der Waals surface area contributed by atoms with Crippen LogP contribution in [0.4, 0.5) is 18.9 Å². The molecule has 1 aromatic carbocycles. The quantitative estimate of drug-likeness (QED) is 0.734. The zero-order valence-electron chi connectivity index (χ0n) is 12.6. The summed E-state index contributed by atoms with van der Waals surface area (Å²) in [6, 6.07) is 1.86. The number of carbonyl (C=O) groups is 2. The van der Waals surface area contributed by atoms with Crippen LogP contribution in [0.1, 0.15) is 19.8 Å². The first-order valence-corrected chi connectivity index (χ1v) is 7.33. The van der Waals surface area contributed by atoms with Gasteiger partial charge in [0.05, 0.1) is 12.2 Å². The predicted octanol–water partition coefficient (Wildman–Crippen LogP) is 1.55. The van der Waals surface area contributed by atoms with E-state index >= 15 is 0 Å². The number of hydrogen-bond acceptors (Lipinski definition) is 3. The van der Waals surface area contributed by atoms with Gasteiger partial charge in [-0.15, -0.1) is 0 Å². The average Bonchev–Trinajstić information content (AvgIpc) is 2.53. The average molecular weight is 329 g/mol. The summed E-state index contributed by atoms with van der Waals surface area (Å²) in [7, 11) is 0. The third-order valence-electron chi connectivity index (χ3n) is 3.73. The predicted molar refractivity (Wildman–Crippen MR) is 78.1 cm³/mol. The summed E-state index contributed by atoms with van der Waals surface area (Å²) in [5.41, 5.74) is -0.473. The molecule has 0 unspecified atom stereocenters. The summed E-state index contributed by atoms with van der Waals surface area (Å²) in [5, 5.41) is 7.78. The minimum atomic E-state index is -1.66. The highest BCUT2D eigenvalue weighted by atomic mass is 19.2. The number of hydrogen-bond donors (Lipinski definition) is 3. The molecule has 0 bridgehead atoms. The van der Waals surface area contributed by atoms with Crippen LogP contribution >= 0.6 is 0 Å². The lowest BCUT2D eigenvalue weighted by atomic mass is 9.92. The highest BCUT2D eigenvalue weighted by molar-refractivity contribution is 5.94. The maximum absolute atomic E-state index is 13.4. The Morgan fingerprint density at radius 3 is 2.70 bits per heavy atom. The van der Waals surface area contributed by atoms with Crippen molar-refractivity contribution in [2.45, 2.75) is 25.8 Å². The maximum Gasteiger partial charge on any atom is 0.243 e. The second-order valence-corrected chi connectivity index (χ2v) is 5.57. The molecule has 1 fully saturated rings. The van der Waals surface area contributed by atoms with Crippen molar-refractivity contribution < 1.29 is 22.8 Å². The van der Waals surface area contributed by atoms with Gasteiger partial charge in [-0.25, -0.2) is 13.2 Å². The Balaban J connectivity index is 1.85. The van der Waals surface area contributed by atoms with E-state index in [2.05, 4.69) is 16.0 Å². The fourth-order valence-corrected chi connectivity index (χ4v) is 2.50. The van der Waals surface area contributed by atoms with Crippen LogP contribution in [-0.4, -0.2) is 30.9 Å². The van der Waals surface area contributed by atoms with Crippen molar-refractivity contribution in [3.05, 3.63) is 29.6 Å².